The highest BCUT2D eigenvalue weighted by molar-refractivity contribution is 7.99. The van der Waals surface area contributed by atoms with E-state index in [9.17, 15) is 10.1 Å². The Hall–Kier alpha value is -1.54. The number of thioether (sulfide) groups is 1. The molecule has 0 fully saturated rings. The van der Waals surface area contributed by atoms with Crippen molar-refractivity contribution in [2.45, 2.75) is 37.1 Å². The van der Waals surface area contributed by atoms with E-state index >= 15 is 0 Å². The van der Waals surface area contributed by atoms with E-state index in [1.165, 1.54) is 6.42 Å². The number of fused-ring (bicyclic) bond motifs is 1. The Kier molecular flexibility index (Phi) is 4.21. The van der Waals surface area contributed by atoms with Crippen LogP contribution in [0, 0.1) is 11.3 Å². The third kappa shape index (κ3) is 2.82. The molecule has 1 aromatic rings. The van der Waals surface area contributed by atoms with Gasteiger partial charge in [-0.1, -0.05) is 18.2 Å². The van der Waals surface area contributed by atoms with Crippen molar-refractivity contribution < 1.29 is 9.90 Å². The first-order chi connectivity index (χ1) is 8.72. The molecule has 1 heterocycles. The molecule has 0 atom stereocenters. The van der Waals surface area contributed by atoms with Crippen LogP contribution in [0.4, 0.5) is 0 Å². The van der Waals surface area contributed by atoms with E-state index in [0.29, 0.717) is 10.6 Å². The van der Waals surface area contributed by atoms with Gasteiger partial charge in [-0.2, -0.15) is 5.26 Å². The van der Waals surface area contributed by atoms with Gasteiger partial charge in [0.05, 0.1) is 11.3 Å². The molecular weight excluding hydrogens is 248 g/mol. The molecule has 0 bridgehead atoms. The number of nitriles is 1. The summed E-state index contributed by atoms with van der Waals surface area (Å²) in [5.41, 5.74) is 2.82. The van der Waals surface area contributed by atoms with Crippen molar-refractivity contribution in [1.29, 1.82) is 5.26 Å². The van der Waals surface area contributed by atoms with Gasteiger partial charge in [-0.15, -0.1) is 0 Å². The van der Waals surface area contributed by atoms with Crippen LogP contribution in [0.1, 0.15) is 36.0 Å². The zero-order chi connectivity index (χ0) is 13.0. The molecule has 0 aliphatic heterocycles. The maximum atomic E-state index is 10.6. The zero-order valence-electron chi connectivity index (χ0n) is 9.98. The number of hydrogen-bond acceptors (Lipinski definition) is 4. The molecule has 18 heavy (non-hydrogen) atoms. The summed E-state index contributed by atoms with van der Waals surface area (Å²) >= 11 is 1.13. The van der Waals surface area contributed by atoms with E-state index in [4.69, 9.17) is 5.11 Å². The quantitative estimate of drug-likeness (QED) is 0.668. The van der Waals surface area contributed by atoms with Crippen molar-refractivity contribution in [3.8, 4) is 6.07 Å². The van der Waals surface area contributed by atoms with Gasteiger partial charge >= 0.3 is 5.97 Å². The molecule has 0 amide bonds. The van der Waals surface area contributed by atoms with Crippen LogP contribution >= 0.6 is 11.8 Å². The molecule has 2 rings (SSSR count). The number of pyridine rings is 1. The van der Waals surface area contributed by atoms with Gasteiger partial charge in [0, 0.05) is 6.20 Å². The molecule has 4 nitrogen and oxygen atoms in total. The summed E-state index contributed by atoms with van der Waals surface area (Å²) < 4.78 is 0. The minimum absolute atomic E-state index is 0.0551. The van der Waals surface area contributed by atoms with Crippen molar-refractivity contribution in [1.82, 2.24) is 4.98 Å². The molecule has 0 saturated carbocycles. The van der Waals surface area contributed by atoms with Crippen molar-refractivity contribution in [3.63, 3.8) is 0 Å². The van der Waals surface area contributed by atoms with E-state index in [0.717, 1.165) is 48.6 Å². The van der Waals surface area contributed by atoms with Gasteiger partial charge in [0.25, 0.3) is 0 Å². The van der Waals surface area contributed by atoms with E-state index in [2.05, 4.69) is 11.1 Å². The molecule has 1 N–H and O–H groups in total. The summed E-state index contributed by atoms with van der Waals surface area (Å²) in [6.07, 6.45) is 7.10. The number of aliphatic carboxylic acids is 1. The Morgan fingerprint density at radius 1 is 1.44 bits per heavy atom. The minimum atomic E-state index is -0.888. The lowest BCUT2D eigenvalue weighted by atomic mass is 10.0. The van der Waals surface area contributed by atoms with Gasteiger partial charge in [-0.05, 0) is 36.8 Å². The van der Waals surface area contributed by atoms with Gasteiger partial charge in [0.15, 0.2) is 0 Å². The molecule has 5 heteroatoms. The summed E-state index contributed by atoms with van der Waals surface area (Å²) in [6.45, 7) is 0. The van der Waals surface area contributed by atoms with Gasteiger partial charge in [-0.25, -0.2) is 4.98 Å². The average Bonchev–Trinajstić information content (AvgIpc) is 2.60. The van der Waals surface area contributed by atoms with Crippen molar-refractivity contribution >= 4 is 17.7 Å². The predicted molar refractivity (Wildman–Crippen MR) is 68.6 cm³/mol. The lowest BCUT2D eigenvalue weighted by Crippen LogP contribution is -2.03. The van der Waals surface area contributed by atoms with Crippen molar-refractivity contribution in [2.24, 2.45) is 0 Å². The highest BCUT2D eigenvalue weighted by Crippen LogP contribution is 2.29. The molecule has 1 aliphatic carbocycles. The zero-order valence-corrected chi connectivity index (χ0v) is 10.8. The van der Waals surface area contributed by atoms with Crippen LogP contribution in [-0.4, -0.2) is 21.8 Å². The fourth-order valence-electron chi connectivity index (χ4n) is 2.22. The second-order valence-electron chi connectivity index (χ2n) is 4.30. The molecule has 0 saturated heterocycles. The number of carboxylic acids is 1. The van der Waals surface area contributed by atoms with E-state index in [1.807, 2.05) is 6.20 Å². The Morgan fingerprint density at radius 2 is 2.22 bits per heavy atom. The Balaban J connectivity index is 2.35. The Morgan fingerprint density at radius 3 is 2.94 bits per heavy atom. The Labute approximate surface area is 110 Å². The number of carboxylic acid groups (broad SMARTS) is 1. The first-order valence-corrected chi connectivity index (χ1v) is 6.96. The topological polar surface area (TPSA) is 74.0 Å². The monoisotopic (exact) mass is 262 g/mol. The lowest BCUT2D eigenvalue weighted by molar-refractivity contribution is -0.133. The van der Waals surface area contributed by atoms with E-state index in [1.54, 1.807) is 0 Å². The molecule has 0 spiro atoms. The number of carbonyl (C=O) groups is 1. The predicted octanol–water partition coefficient (Wildman–Crippen LogP) is 2.40. The third-order valence-electron chi connectivity index (χ3n) is 3.06. The van der Waals surface area contributed by atoms with Crippen LogP contribution in [0.2, 0.25) is 0 Å². The summed E-state index contributed by atoms with van der Waals surface area (Å²) in [5, 5.41) is 18.5. The largest absolute Gasteiger partial charge is 0.481 e. The lowest BCUT2D eigenvalue weighted by Gasteiger charge is -2.10. The maximum absolute atomic E-state index is 10.6. The fourth-order valence-corrected chi connectivity index (χ4v) is 2.92. The third-order valence-corrected chi connectivity index (χ3v) is 4.03. The van der Waals surface area contributed by atoms with Crippen LogP contribution in [0.25, 0.3) is 0 Å². The van der Waals surface area contributed by atoms with Crippen LogP contribution in [0.15, 0.2) is 11.2 Å². The molecule has 1 aromatic heterocycles. The van der Waals surface area contributed by atoms with Gasteiger partial charge < -0.3 is 5.11 Å². The van der Waals surface area contributed by atoms with E-state index in [-0.39, 0.29) is 5.75 Å². The maximum Gasteiger partial charge on any atom is 0.313 e. The minimum Gasteiger partial charge on any atom is -0.481 e. The van der Waals surface area contributed by atoms with E-state index < -0.39 is 5.97 Å². The number of nitrogens with zero attached hydrogens (tertiary/aromatic N) is 2. The van der Waals surface area contributed by atoms with Gasteiger partial charge in [-0.3, -0.25) is 4.79 Å². The number of aromatic nitrogens is 1. The van der Waals surface area contributed by atoms with Crippen LogP contribution in [-0.2, 0) is 17.6 Å². The summed E-state index contributed by atoms with van der Waals surface area (Å²) in [4.78, 5) is 14.8. The average molecular weight is 262 g/mol. The van der Waals surface area contributed by atoms with Crippen LogP contribution in [0.3, 0.4) is 0 Å². The first kappa shape index (κ1) is 12.9. The molecular formula is C13H14N2O2S. The van der Waals surface area contributed by atoms with Crippen molar-refractivity contribution in [2.75, 3.05) is 5.75 Å². The summed E-state index contributed by atoms with van der Waals surface area (Å²) in [6, 6.07) is 2.20. The molecule has 0 aromatic carbocycles. The summed E-state index contributed by atoms with van der Waals surface area (Å²) in [5.74, 6) is -0.943. The second-order valence-corrected chi connectivity index (χ2v) is 5.26. The van der Waals surface area contributed by atoms with Crippen LogP contribution in [0.5, 0.6) is 0 Å². The van der Waals surface area contributed by atoms with Crippen LogP contribution < -0.4 is 0 Å². The normalized spacial score (nSPS) is 14.4. The standard InChI is InChI=1S/C13H14N2O2S/c14-6-11-10-5-3-1-2-4-9(10)7-15-13(11)18-8-12(16)17/h7H,1-5,8H2,(H,16,17). The van der Waals surface area contributed by atoms with Gasteiger partial charge in [0.2, 0.25) is 0 Å². The highest BCUT2D eigenvalue weighted by atomic mass is 32.2. The van der Waals surface area contributed by atoms with Gasteiger partial charge in [0.1, 0.15) is 11.1 Å². The molecule has 1 aliphatic rings. The first-order valence-electron chi connectivity index (χ1n) is 5.98. The highest BCUT2D eigenvalue weighted by Gasteiger charge is 2.17. The molecule has 94 valence electrons. The molecule has 0 unspecified atom stereocenters. The summed E-state index contributed by atoms with van der Waals surface area (Å²) in [7, 11) is 0. The number of aryl methyl sites for hydroxylation is 1. The SMILES string of the molecule is N#Cc1c(SCC(=O)O)ncc2c1CCCCC2. The fraction of sp³-hybridized carbons (Fsp3) is 0.462. The smallest absolute Gasteiger partial charge is 0.313 e. The Bertz CT molecular complexity index is 508. The number of hydrogen-bond donors (Lipinski definition) is 1. The second kappa shape index (κ2) is 5.87. The van der Waals surface area contributed by atoms with Crippen molar-refractivity contribution in [3.05, 3.63) is 22.9 Å². The number of rotatable bonds is 3. The molecule has 0 radical (unpaired) electrons.